The van der Waals surface area contributed by atoms with Gasteiger partial charge in [-0.25, -0.2) is 0 Å². The molecule has 1 N–H and O–H groups in total. The lowest BCUT2D eigenvalue weighted by Gasteiger charge is -2.10. The molecule has 0 saturated heterocycles. The van der Waals surface area contributed by atoms with E-state index in [9.17, 15) is 9.90 Å². The van der Waals surface area contributed by atoms with Crippen LogP contribution in [-0.2, 0) is 0 Å². The van der Waals surface area contributed by atoms with Crippen molar-refractivity contribution in [2.45, 2.75) is 0 Å². The molecule has 0 fully saturated rings. The Labute approximate surface area is 143 Å². The highest BCUT2D eigenvalue weighted by atomic mass is 35.5. The second-order valence-electron chi connectivity index (χ2n) is 4.56. The van der Waals surface area contributed by atoms with Gasteiger partial charge in [0.05, 0.1) is 24.3 Å². The van der Waals surface area contributed by atoms with E-state index in [1.54, 1.807) is 18.2 Å². The second-order valence-corrected chi connectivity index (χ2v) is 5.35. The van der Waals surface area contributed by atoms with Crippen molar-refractivity contribution in [3.8, 4) is 17.2 Å². The van der Waals surface area contributed by atoms with Crippen molar-refractivity contribution in [3.05, 3.63) is 57.6 Å². The van der Waals surface area contributed by atoms with Gasteiger partial charge in [-0.3, -0.25) is 4.79 Å². The first-order chi connectivity index (χ1) is 11.0. The quantitative estimate of drug-likeness (QED) is 0.630. The lowest BCUT2D eigenvalue weighted by molar-refractivity contribution is 0.104. The number of carbonyl (C=O) groups is 1. The maximum atomic E-state index is 12.4. The summed E-state index contributed by atoms with van der Waals surface area (Å²) in [6.07, 6.45) is 2.82. The number of halogens is 2. The zero-order valence-electron chi connectivity index (χ0n) is 12.5. The van der Waals surface area contributed by atoms with Gasteiger partial charge in [0, 0.05) is 12.1 Å². The summed E-state index contributed by atoms with van der Waals surface area (Å²) in [4.78, 5) is 12.4. The Morgan fingerprint density at radius 1 is 1.17 bits per heavy atom. The third-order valence-electron chi connectivity index (χ3n) is 3.15. The maximum absolute atomic E-state index is 12.4. The third-order valence-corrected chi connectivity index (χ3v) is 3.99. The number of rotatable bonds is 5. The van der Waals surface area contributed by atoms with E-state index in [0.717, 1.165) is 0 Å². The Bertz CT molecular complexity index is 769. The Balaban J connectivity index is 2.38. The molecule has 0 heterocycles. The Kier molecular flexibility index (Phi) is 5.53. The van der Waals surface area contributed by atoms with Crippen LogP contribution >= 0.6 is 23.2 Å². The summed E-state index contributed by atoms with van der Waals surface area (Å²) in [5, 5.41) is 10.8. The summed E-state index contributed by atoms with van der Waals surface area (Å²) < 4.78 is 10.2. The van der Waals surface area contributed by atoms with E-state index < -0.39 is 5.78 Å². The molecule has 4 nitrogen and oxygen atoms in total. The fraction of sp³-hybridized carbons (Fsp3) is 0.118. The Morgan fingerprint density at radius 2 is 1.91 bits per heavy atom. The normalized spacial score (nSPS) is 10.8. The van der Waals surface area contributed by atoms with Crippen LogP contribution in [0.1, 0.15) is 15.9 Å². The van der Waals surface area contributed by atoms with Crippen LogP contribution in [0.4, 0.5) is 0 Å². The van der Waals surface area contributed by atoms with Crippen LogP contribution in [0.25, 0.3) is 6.08 Å². The topological polar surface area (TPSA) is 55.8 Å². The van der Waals surface area contributed by atoms with Gasteiger partial charge in [-0.2, -0.15) is 0 Å². The van der Waals surface area contributed by atoms with Gasteiger partial charge in [0.1, 0.15) is 22.8 Å². The van der Waals surface area contributed by atoms with Gasteiger partial charge in [0.25, 0.3) is 0 Å². The fourth-order valence-corrected chi connectivity index (χ4v) is 2.37. The zero-order valence-corrected chi connectivity index (χ0v) is 14.0. The third kappa shape index (κ3) is 3.78. The number of allylic oxidation sites excluding steroid dienone is 1. The van der Waals surface area contributed by atoms with Crippen molar-refractivity contribution in [1.29, 1.82) is 0 Å². The summed E-state index contributed by atoms with van der Waals surface area (Å²) in [5.41, 5.74) is 0.641. The van der Waals surface area contributed by atoms with Crippen LogP contribution < -0.4 is 9.47 Å². The lowest BCUT2D eigenvalue weighted by Crippen LogP contribution is -2.00. The van der Waals surface area contributed by atoms with Crippen molar-refractivity contribution < 1.29 is 19.4 Å². The number of hydrogen-bond donors (Lipinski definition) is 1. The molecule has 2 rings (SSSR count). The van der Waals surface area contributed by atoms with Gasteiger partial charge in [-0.15, -0.1) is 0 Å². The molecule has 0 saturated carbocycles. The number of benzene rings is 2. The molecule has 0 bridgehead atoms. The molecule has 0 aliphatic carbocycles. The minimum atomic E-state index is -0.432. The van der Waals surface area contributed by atoms with Crippen molar-refractivity contribution in [2.24, 2.45) is 0 Å². The number of phenols is 1. The van der Waals surface area contributed by atoms with Crippen molar-refractivity contribution in [2.75, 3.05) is 14.2 Å². The monoisotopic (exact) mass is 352 g/mol. The summed E-state index contributed by atoms with van der Waals surface area (Å²) in [7, 11) is 2.86. The molecule has 0 radical (unpaired) electrons. The largest absolute Gasteiger partial charge is 0.507 e. The first-order valence-corrected chi connectivity index (χ1v) is 7.35. The van der Waals surface area contributed by atoms with E-state index in [1.807, 2.05) is 0 Å². The minimum Gasteiger partial charge on any atom is -0.507 e. The van der Waals surface area contributed by atoms with Gasteiger partial charge >= 0.3 is 0 Å². The highest BCUT2D eigenvalue weighted by molar-refractivity contribution is 6.42. The smallest absolute Gasteiger partial charge is 0.193 e. The van der Waals surface area contributed by atoms with Crippen LogP contribution in [-0.4, -0.2) is 25.1 Å². The van der Waals surface area contributed by atoms with Gasteiger partial charge in [0.15, 0.2) is 5.78 Å². The molecule has 0 aliphatic rings. The molecule has 0 amide bonds. The molecule has 2 aromatic carbocycles. The Morgan fingerprint density at radius 3 is 2.57 bits per heavy atom. The molecule has 23 heavy (non-hydrogen) atoms. The van der Waals surface area contributed by atoms with Gasteiger partial charge < -0.3 is 14.6 Å². The van der Waals surface area contributed by atoms with Crippen molar-refractivity contribution in [3.63, 3.8) is 0 Å². The number of methoxy groups -OCH3 is 2. The highest BCUT2D eigenvalue weighted by Crippen LogP contribution is 2.34. The standard InChI is InChI=1S/C17H14Cl2O4/c1-22-11-8-14(21)16(15(9-11)23-2)13(20)7-6-10-4-3-5-12(18)17(10)19/h3-9,21H,1-2H3/b7-6+. The van der Waals surface area contributed by atoms with E-state index in [-0.39, 0.29) is 17.1 Å². The van der Waals surface area contributed by atoms with Crippen LogP contribution in [0.2, 0.25) is 10.0 Å². The van der Waals surface area contributed by atoms with Crippen LogP contribution in [0.15, 0.2) is 36.4 Å². The molecule has 0 aliphatic heterocycles. The summed E-state index contributed by atoms with van der Waals surface area (Å²) in [6, 6.07) is 7.97. The number of phenolic OH excluding ortho intramolecular Hbond substituents is 1. The average Bonchev–Trinajstić information content (AvgIpc) is 2.54. The van der Waals surface area contributed by atoms with Gasteiger partial charge in [0.2, 0.25) is 0 Å². The number of ketones is 1. The van der Waals surface area contributed by atoms with Crippen molar-refractivity contribution >= 4 is 35.1 Å². The van der Waals surface area contributed by atoms with E-state index in [4.69, 9.17) is 32.7 Å². The molecule has 2 aromatic rings. The minimum absolute atomic E-state index is 0.0442. The number of ether oxygens (including phenoxy) is 2. The number of hydrogen-bond acceptors (Lipinski definition) is 4. The second kappa shape index (κ2) is 7.40. The molecule has 6 heteroatoms. The van der Waals surface area contributed by atoms with Crippen LogP contribution in [0, 0.1) is 0 Å². The predicted octanol–water partition coefficient (Wildman–Crippen LogP) is 4.61. The molecular formula is C17H14Cl2O4. The molecule has 0 aromatic heterocycles. The molecule has 0 unspecified atom stereocenters. The summed E-state index contributed by atoms with van der Waals surface area (Å²) >= 11 is 12.0. The van der Waals surface area contributed by atoms with Crippen LogP contribution in [0.3, 0.4) is 0 Å². The van der Waals surface area contributed by atoms with E-state index in [2.05, 4.69) is 0 Å². The average molecular weight is 353 g/mol. The molecule has 120 valence electrons. The highest BCUT2D eigenvalue weighted by Gasteiger charge is 2.17. The fourth-order valence-electron chi connectivity index (χ4n) is 2.00. The molecule has 0 atom stereocenters. The van der Waals surface area contributed by atoms with Crippen LogP contribution in [0.5, 0.6) is 17.2 Å². The lowest BCUT2D eigenvalue weighted by atomic mass is 10.1. The molecule has 0 spiro atoms. The molecular weight excluding hydrogens is 339 g/mol. The van der Waals surface area contributed by atoms with Gasteiger partial charge in [-0.1, -0.05) is 35.3 Å². The summed E-state index contributed by atoms with van der Waals surface area (Å²) in [6.45, 7) is 0. The SMILES string of the molecule is COc1cc(O)c(C(=O)/C=C/c2cccc(Cl)c2Cl)c(OC)c1. The van der Waals surface area contributed by atoms with E-state index >= 15 is 0 Å². The summed E-state index contributed by atoms with van der Waals surface area (Å²) in [5.74, 6) is -0.0578. The van der Waals surface area contributed by atoms with E-state index in [1.165, 1.54) is 38.5 Å². The maximum Gasteiger partial charge on any atom is 0.193 e. The van der Waals surface area contributed by atoms with Gasteiger partial charge in [-0.05, 0) is 23.8 Å². The Hall–Kier alpha value is -2.17. The zero-order chi connectivity index (χ0) is 17.0. The predicted molar refractivity (Wildman–Crippen MR) is 91.0 cm³/mol. The first kappa shape index (κ1) is 17.2. The van der Waals surface area contributed by atoms with Crippen molar-refractivity contribution in [1.82, 2.24) is 0 Å². The number of carbonyl (C=O) groups excluding carboxylic acids is 1. The first-order valence-electron chi connectivity index (χ1n) is 6.59. The number of aromatic hydroxyl groups is 1. The van der Waals surface area contributed by atoms with E-state index in [0.29, 0.717) is 21.4 Å².